The second kappa shape index (κ2) is 5.93. The number of furan rings is 1. The average molecular weight is 324 g/mol. The molecule has 0 unspecified atom stereocenters. The Hall–Kier alpha value is -1.75. The lowest BCUT2D eigenvalue weighted by atomic mass is 10.2. The summed E-state index contributed by atoms with van der Waals surface area (Å²) < 4.78 is 10.9. The molecule has 0 radical (unpaired) electrons. The van der Waals surface area contributed by atoms with E-state index in [1.807, 2.05) is 32.0 Å². The van der Waals surface area contributed by atoms with Crippen LogP contribution in [0.1, 0.15) is 22.8 Å². The van der Waals surface area contributed by atoms with Gasteiger partial charge in [0, 0.05) is 5.69 Å². The molecule has 0 spiro atoms. The van der Waals surface area contributed by atoms with Crippen LogP contribution in [0.25, 0.3) is 0 Å². The Morgan fingerprint density at radius 2 is 2.21 bits per heavy atom. The van der Waals surface area contributed by atoms with Gasteiger partial charge in [-0.1, -0.05) is 0 Å². The Morgan fingerprint density at radius 3 is 2.79 bits per heavy atom. The number of hydrogen-bond donors (Lipinski definition) is 1. The smallest absolute Gasteiger partial charge is 0.260 e. The lowest BCUT2D eigenvalue weighted by Gasteiger charge is -2.10. The molecule has 1 aromatic heterocycles. The van der Waals surface area contributed by atoms with Crippen molar-refractivity contribution in [2.24, 2.45) is 0 Å². The third-order valence-corrected chi connectivity index (χ3v) is 3.23. The van der Waals surface area contributed by atoms with Crippen LogP contribution in [-0.4, -0.2) is 12.5 Å². The normalized spacial score (nSPS) is 10.3. The zero-order valence-corrected chi connectivity index (χ0v) is 12.3. The van der Waals surface area contributed by atoms with Crippen LogP contribution in [0.3, 0.4) is 0 Å². The molecule has 2 aromatic rings. The summed E-state index contributed by atoms with van der Waals surface area (Å²) in [5.74, 6) is 0.579. The molecule has 0 aliphatic heterocycles. The first kappa shape index (κ1) is 13.7. The highest BCUT2D eigenvalue weighted by atomic mass is 79.9. The lowest BCUT2D eigenvalue weighted by molar-refractivity contribution is 0.102. The van der Waals surface area contributed by atoms with E-state index >= 15 is 0 Å². The number of carbonyl (C=O) groups is 1. The molecule has 1 aromatic carbocycles. The topological polar surface area (TPSA) is 51.5 Å². The summed E-state index contributed by atoms with van der Waals surface area (Å²) in [5, 5.41) is 2.84. The fourth-order valence-corrected chi connectivity index (χ4v) is 2.10. The summed E-state index contributed by atoms with van der Waals surface area (Å²) in [7, 11) is 0. The van der Waals surface area contributed by atoms with Gasteiger partial charge in [-0.15, -0.1) is 0 Å². The number of amides is 1. The quantitative estimate of drug-likeness (QED) is 0.925. The standard InChI is InChI=1S/C14H14BrNO3/c1-3-18-10-4-5-12(9(2)8-10)16-14(17)11-6-7-19-13(11)15/h4-8H,3H2,1-2H3,(H,16,17). The highest BCUT2D eigenvalue weighted by molar-refractivity contribution is 9.10. The van der Waals surface area contributed by atoms with Gasteiger partial charge in [0.05, 0.1) is 18.4 Å². The summed E-state index contributed by atoms with van der Waals surface area (Å²) in [6.45, 7) is 4.47. The van der Waals surface area contributed by atoms with E-state index in [2.05, 4.69) is 21.2 Å². The summed E-state index contributed by atoms with van der Waals surface area (Å²) in [6.07, 6.45) is 1.46. The van der Waals surface area contributed by atoms with Gasteiger partial charge in [-0.25, -0.2) is 0 Å². The number of ether oxygens (including phenoxy) is 1. The zero-order valence-electron chi connectivity index (χ0n) is 10.7. The number of hydrogen-bond acceptors (Lipinski definition) is 3. The maximum Gasteiger partial charge on any atom is 0.260 e. The van der Waals surface area contributed by atoms with Crippen LogP contribution in [0.4, 0.5) is 5.69 Å². The largest absolute Gasteiger partial charge is 0.494 e. The second-order valence-corrected chi connectivity index (χ2v) is 4.69. The first-order valence-electron chi connectivity index (χ1n) is 5.89. The van der Waals surface area contributed by atoms with Crippen molar-refractivity contribution in [2.75, 3.05) is 11.9 Å². The first-order valence-corrected chi connectivity index (χ1v) is 6.69. The second-order valence-electron chi connectivity index (χ2n) is 3.97. The van der Waals surface area contributed by atoms with E-state index in [4.69, 9.17) is 9.15 Å². The van der Waals surface area contributed by atoms with Gasteiger partial charge in [0.25, 0.3) is 5.91 Å². The fourth-order valence-electron chi connectivity index (χ4n) is 1.68. The van der Waals surface area contributed by atoms with Gasteiger partial charge in [0.15, 0.2) is 4.67 Å². The minimum atomic E-state index is -0.215. The molecule has 0 saturated heterocycles. The van der Waals surface area contributed by atoms with Crippen LogP contribution in [0.2, 0.25) is 0 Å². The Balaban J connectivity index is 2.15. The number of anilines is 1. The van der Waals surface area contributed by atoms with Gasteiger partial charge in [0.2, 0.25) is 0 Å². The van der Waals surface area contributed by atoms with E-state index in [9.17, 15) is 4.79 Å². The van der Waals surface area contributed by atoms with E-state index in [0.717, 1.165) is 17.0 Å². The van der Waals surface area contributed by atoms with Crippen molar-refractivity contribution in [1.29, 1.82) is 0 Å². The minimum Gasteiger partial charge on any atom is -0.494 e. The van der Waals surface area contributed by atoms with Crippen molar-refractivity contribution in [3.63, 3.8) is 0 Å². The lowest BCUT2D eigenvalue weighted by Crippen LogP contribution is -2.12. The van der Waals surface area contributed by atoms with Crippen LogP contribution in [0, 0.1) is 6.92 Å². The SMILES string of the molecule is CCOc1ccc(NC(=O)c2ccoc2Br)c(C)c1. The molecule has 0 bridgehead atoms. The Bertz CT molecular complexity index is 592. The number of aryl methyl sites for hydroxylation is 1. The van der Waals surface area contributed by atoms with Gasteiger partial charge in [-0.05, 0) is 59.6 Å². The van der Waals surface area contributed by atoms with Gasteiger partial charge < -0.3 is 14.5 Å². The molecule has 4 nitrogen and oxygen atoms in total. The number of rotatable bonds is 4. The minimum absolute atomic E-state index is 0.215. The zero-order chi connectivity index (χ0) is 13.8. The summed E-state index contributed by atoms with van der Waals surface area (Å²) in [5.41, 5.74) is 2.16. The molecule has 2 rings (SSSR count). The maximum absolute atomic E-state index is 12.0. The van der Waals surface area contributed by atoms with Crippen LogP contribution in [0.15, 0.2) is 39.6 Å². The van der Waals surface area contributed by atoms with Crippen LogP contribution in [0.5, 0.6) is 5.75 Å². The van der Waals surface area contributed by atoms with Crippen LogP contribution >= 0.6 is 15.9 Å². The van der Waals surface area contributed by atoms with Crippen molar-refractivity contribution in [1.82, 2.24) is 0 Å². The molecule has 5 heteroatoms. The molecule has 0 aliphatic rings. The number of nitrogens with one attached hydrogen (secondary N) is 1. The highest BCUT2D eigenvalue weighted by Gasteiger charge is 2.13. The molecule has 0 saturated carbocycles. The van der Waals surface area contributed by atoms with E-state index in [0.29, 0.717) is 16.8 Å². The van der Waals surface area contributed by atoms with Crippen molar-refractivity contribution in [3.05, 3.63) is 46.3 Å². The van der Waals surface area contributed by atoms with Gasteiger partial charge in [0.1, 0.15) is 5.75 Å². The van der Waals surface area contributed by atoms with Crippen molar-refractivity contribution in [3.8, 4) is 5.75 Å². The van der Waals surface area contributed by atoms with Crippen LogP contribution in [-0.2, 0) is 0 Å². The fraction of sp³-hybridized carbons (Fsp3) is 0.214. The van der Waals surface area contributed by atoms with Gasteiger partial charge >= 0.3 is 0 Å². The summed E-state index contributed by atoms with van der Waals surface area (Å²) in [4.78, 5) is 12.0. The predicted octanol–water partition coefficient (Wildman–Crippen LogP) is 4.00. The molecule has 0 aliphatic carbocycles. The molecule has 1 N–H and O–H groups in total. The monoisotopic (exact) mass is 323 g/mol. The predicted molar refractivity (Wildman–Crippen MR) is 76.7 cm³/mol. The Kier molecular flexibility index (Phi) is 4.27. The van der Waals surface area contributed by atoms with E-state index in [1.54, 1.807) is 6.07 Å². The van der Waals surface area contributed by atoms with Crippen molar-refractivity contribution >= 4 is 27.5 Å². The maximum atomic E-state index is 12.0. The number of benzene rings is 1. The van der Waals surface area contributed by atoms with Crippen LogP contribution < -0.4 is 10.1 Å². The van der Waals surface area contributed by atoms with Gasteiger partial charge in [-0.2, -0.15) is 0 Å². The third-order valence-electron chi connectivity index (χ3n) is 2.62. The molecule has 1 heterocycles. The molecule has 0 atom stereocenters. The van der Waals surface area contributed by atoms with Crippen molar-refractivity contribution in [2.45, 2.75) is 13.8 Å². The van der Waals surface area contributed by atoms with Gasteiger partial charge in [-0.3, -0.25) is 4.79 Å². The Morgan fingerprint density at radius 1 is 1.42 bits per heavy atom. The average Bonchev–Trinajstić information content (AvgIpc) is 2.79. The number of carbonyl (C=O) groups excluding carboxylic acids is 1. The van der Waals surface area contributed by atoms with Crippen molar-refractivity contribution < 1.29 is 13.9 Å². The van der Waals surface area contributed by atoms with E-state index in [1.165, 1.54) is 6.26 Å². The molecular formula is C14H14BrNO3. The molecule has 100 valence electrons. The Labute approximate surface area is 119 Å². The van der Waals surface area contributed by atoms with E-state index < -0.39 is 0 Å². The highest BCUT2D eigenvalue weighted by Crippen LogP contribution is 2.23. The molecule has 19 heavy (non-hydrogen) atoms. The third kappa shape index (κ3) is 3.17. The number of halogens is 1. The van der Waals surface area contributed by atoms with E-state index in [-0.39, 0.29) is 5.91 Å². The molecular weight excluding hydrogens is 310 g/mol. The summed E-state index contributed by atoms with van der Waals surface area (Å²) in [6, 6.07) is 7.16. The first-order chi connectivity index (χ1) is 9.11. The molecule has 0 fully saturated rings. The molecule has 1 amide bonds. The summed E-state index contributed by atoms with van der Waals surface area (Å²) >= 11 is 3.18.